The molecule has 0 unspecified atom stereocenters. The number of aliphatic hydroxyl groups is 2. The molecule has 2 bridgehead atoms. The van der Waals surface area contributed by atoms with Gasteiger partial charge in [-0.2, -0.15) is 0 Å². The smallest absolute Gasteiger partial charge is 0.351 e. The number of carbonyl (C=O) groups is 5. The fraction of sp³-hybridized carbons (Fsp3) is 0.519. The highest BCUT2D eigenvalue weighted by Crippen LogP contribution is 2.65. The van der Waals surface area contributed by atoms with Gasteiger partial charge in [-0.15, -0.1) is 0 Å². The minimum atomic E-state index is -2.52. The summed E-state index contributed by atoms with van der Waals surface area (Å²) in [7, 11) is 1.89. The molecule has 1 saturated heterocycles. The Morgan fingerprint density at radius 1 is 1.14 bits per heavy atom. The molecule has 7 atom stereocenters. The van der Waals surface area contributed by atoms with Gasteiger partial charge in [0.05, 0.1) is 17.4 Å². The van der Waals surface area contributed by atoms with E-state index in [2.05, 4.69) is 4.74 Å². The Kier molecular flexibility index (Phi) is 7.15. The molecule has 1 fully saturated rings. The fourth-order valence-corrected chi connectivity index (χ4v) is 6.70. The summed E-state index contributed by atoms with van der Waals surface area (Å²) < 4.78 is 20.9. The first kappa shape index (κ1) is 29.3. The molecule has 4 aliphatic rings. The summed E-state index contributed by atoms with van der Waals surface area (Å²) in [6.45, 7) is 1.40. The number of likely N-dealkylation sites (tertiary alicyclic amines) is 1. The number of phenols is 1. The number of phenolic OH excluding ortho intramolecular Hbond substituents is 1. The van der Waals surface area contributed by atoms with Gasteiger partial charge >= 0.3 is 29.8 Å². The van der Waals surface area contributed by atoms with E-state index in [1.807, 2.05) is 11.9 Å². The predicted molar refractivity (Wildman–Crippen MR) is 134 cm³/mol. The second-order valence-corrected chi connectivity index (χ2v) is 10.9. The number of aliphatic hydroxyl groups excluding tert-OH is 1. The molecule has 1 aromatic carbocycles. The third kappa shape index (κ3) is 4.35. The SMILES string of the molecule is CC(=O)O[C@@H](C(=O)O[C@@H](CC(=O)O)C(=O)O)[C@@H](O)C(=O)OC1=CC[C@@]2(O)[C@H]3Cc4ccc(O)c5c4[C@@]2(CCN3C)[C@H]1O5. The van der Waals surface area contributed by atoms with Crippen molar-refractivity contribution in [1.82, 2.24) is 4.90 Å². The van der Waals surface area contributed by atoms with Crippen molar-refractivity contribution in [3.8, 4) is 11.5 Å². The van der Waals surface area contributed by atoms with Gasteiger partial charge in [-0.3, -0.25) is 9.59 Å². The van der Waals surface area contributed by atoms with Crippen molar-refractivity contribution in [2.75, 3.05) is 13.6 Å². The van der Waals surface area contributed by atoms with Crippen LogP contribution in [0.3, 0.4) is 0 Å². The number of hydrogen-bond acceptors (Lipinski definition) is 13. The van der Waals surface area contributed by atoms with Crippen molar-refractivity contribution in [2.45, 2.75) is 74.1 Å². The third-order valence-corrected chi connectivity index (χ3v) is 8.52. The van der Waals surface area contributed by atoms with Crippen LogP contribution in [0.15, 0.2) is 24.0 Å². The van der Waals surface area contributed by atoms with E-state index in [9.17, 15) is 39.3 Å². The molecule has 0 aromatic heterocycles. The minimum absolute atomic E-state index is 0.0139. The van der Waals surface area contributed by atoms with E-state index in [-0.39, 0.29) is 29.7 Å². The number of nitrogens with zero attached hydrogens (tertiary/aromatic N) is 1. The Bertz CT molecular complexity index is 1410. The van der Waals surface area contributed by atoms with Crippen LogP contribution in [0, 0.1) is 0 Å². The highest BCUT2D eigenvalue weighted by molar-refractivity contribution is 5.90. The van der Waals surface area contributed by atoms with E-state index in [0.717, 1.165) is 12.5 Å². The lowest BCUT2D eigenvalue weighted by molar-refractivity contribution is -0.190. The monoisotopic (exact) mass is 591 g/mol. The van der Waals surface area contributed by atoms with Crippen molar-refractivity contribution in [1.29, 1.82) is 0 Å². The molecule has 2 heterocycles. The molecule has 1 aromatic rings. The number of hydrogen-bond donors (Lipinski definition) is 5. The number of ether oxygens (including phenoxy) is 4. The molecule has 2 aliphatic carbocycles. The second-order valence-electron chi connectivity index (χ2n) is 10.9. The van der Waals surface area contributed by atoms with Gasteiger partial charge in [-0.1, -0.05) is 6.07 Å². The molecule has 15 nitrogen and oxygen atoms in total. The third-order valence-electron chi connectivity index (χ3n) is 8.52. The number of aromatic hydroxyl groups is 1. The summed E-state index contributed by atoms with van der Waals surface area (Å²) in [5, 5.41) is 51.5. The lowest BCUT2D eigenvalue weighted by Crippen LogP contribution is -2.74. The summed E-state index contributed by atoms with van der Waals surface area (Å²) in [6, 6.07) is 2.91. The van der Waals surface area contributed by atoms with Gasteiger partial charge in [0.1, 0.15) is 5.76 Å². The van der Waals surface area contributed by atoms with Crippen LogP contribution in [0.2, 0.25) is 0 Å². The van der Waals surface area contributed by atoms with Crippen LogP contribution in [-0.2, 0) is 50.0 Å². The van der Waals surface area contributed by atoms with Crippen molar-refractivity contribution >= 4 is 29.8 Å². The van der Waals surface area contributed by atoms with Crippen molar-refractivity contribution in [2.24, 2.45) is 0 Å². The maximum atomic E-state index is 13.1. The summed E-state index contributed by atoms with van der Waals surface area (Å²) in [4.78, 5) is 61.7. The second kappa shape index (κ2) is 10.3. The molecular weight excluding hydrogens is 562 g/mol. The Morgan fingerprint density at radius 2 is 1.86 bits per heavy atom. The number of carbonyl (C=O) groups excluding carboxylic acids is 3. The Morgan fingerprint density at radius 3 is 2.50 bits per heavy atom. The van der Waals surface area contributed by atoms with E-state index in [1.54, 1.807) is 6.07 Å². The molecule has 0 amide bonds. The predicted octanol–water partition coefficient (Wildman–Crippen LogP) is -1.02. The standard InChI is InChI=1S/C27H29NO14/c1-11(29)39-21(25(37)41-15(23(34)35)10-17(31)32)19(33)24(36)40-14-5-6-27(38)16-9-12-3-4-13(30)20-18(12)26(27,22(14)42-20)7-8-28(16)2/h3-5,15-16,19,21-22,30,33,38H,6-10H2,1-2H3,(H,31,32)(H,34,35)/t15-,16+,19+,21+,22-,26-,27+/m0/s1. The highest BCUT2D eigenvalue weighted by Gasteiger charge is 2.72. The van der Waals surface area contributed by atoms with Crippen molar-refractivity contribution in [3.05, 3.63) is 35.1 Å². The van der Waals surface area contributed by atoms with Gasteiger partial charge in [0, 0.05) is 24.9 Å². The van der Waals surface area contributed by atoms with Gasteiger partial charge in [0.25, 0.3) is 0 Å². The molecular formula is C27H29NO14. The molecule has 42 heavy (non-hydrogen) atoms. The van der Waals surface area contributed by atoms with Crippen LogP contribution in [0.1, 0.15) is 37.3 Å². The average molecular weight is 592 g/mol. The lowest BCUT2D eigenvalue weighted by atomic mass is 9.50. The molecule has 1 spiro atoms. The van der Waals surface area contributed by atoms with Gasteiger partial charge in [-0.25, -0.2) is 14.4 Å². The summed E-state index contributed by atoms with van der Waals surface area (Å²) in [5.74, 6) is -7.94. The zero-order chi connectivity index (χ0) is 30.7. The van der Waals surface area contributed by atoms with Crippen LogP contribution in [0.4, 0.5) is 0 Å². The van der Waals surface area contributed by atoms with Crippen LogP contribution >= 0.6 is 0 Å². The molecule has 2 aliphatic heterocycles. The summed E-state index contributed by atoms with van der Waals surface area (Å²) >= 11 is 0. The Labute approximate surface area is 237 Å². The highest BCUT2D eigenvalue weighted by atomic mass is 16.6. The quantitative estimate of drug-likeness (QED) is 0.171. The van der Waals surface area contributed by atoms with Crippen molar-refractivity contribution in [3.63, 3.8) is 0 Å². The van der Waals surface area contributed by atoms with E-state index >= 15 is 0 Å². The lowest BCUT2D eigenvalue weighted by Gasteiger charge is -2.61. The number of benzene rings is 1. The van der Waals surface area contributed by atoms with E-state index in [4.69, 9.17) is 24.4 Å². The first-order chi connectivity index (χ1) is 19.7. The van der Waals surface area contributed by atoms with E-state index < -0.39 is 71.7 Å². The molecule has 0 radical (unpaired) electrons. The Hall–Kier alpha value is -4.21. The number of likely N-dealkylation sites (N-methyl/N-ethyl adjacent to an activating group) is 1. The molecule has 5 rings (SSSR count). The number of rotatable bonds is 9. The van der Waals surface area contributed by atoms with Crippen LogP contribution in [-0.4, -0.2) is 110 Å². The zero-order valence-electron chi connectivity index (χ0n) is 22.5. The largest absolute Gasteiger partial charge is 0.504 e. The Balaban J connectivity index is 1.43. The van der Waals surface area contributed by atoms with E-state index in [0.29, 0.717) is 24.9 Å². The fourth-order valence-electron chi connectivity index (χ4n) is 6.70. The molecule has 0 saturated carbocycles. The maximum Gasteiger partial charge on any atom is 0.351 e. The van der Waals surface area contributed by atoms with Gasteiger partial charge < -0.3 is 49.4 Å². The first-order valence-electron chi connectivity index (χ1n) is 13.1. The minimum Gasteiger partial charge on any atom is -0.504 e. The van der Waals surface area contributed by atoms with Crippen LogP contribution in [0.25, 0.3) is 0 Å². The normalized spacial score (nSPS) is 29.1. The topological polar surface area (TPSA) is 227 Å². The number of carboxylic acids is 2. The first-order valence-corrected chi connectivity index (χ1v) is 13.1. The zero-order valence-corrected chi connectivity index (χ0v) is 22.5. The number of piperidine rings is 1. The van der Waals surface area contributed by atoms with Gasteiger partial charge in [-0.05, 0) is 44.1 Å². The van der Waals surface area contributed by atoms with Crippen molar-refractivity contribution < 1.29 is 68.5 Å². The van der Waals surface area contributed by atoms with Gasteiger partial charge in [0.2, 0.25) is 12.2 Å². The average Bonchev–Trinajstić information content (AvgIpc) is 3.27. The number of aliphatic carboxylic acids is 2. The van der Waals surface area contributed by atoms with Crippen LogP contribution in [0.5, 0.6) is 11.5 Å². The number of carboxylic acid groups (broad SMARTS) is 2. The maximum absolute atomic E-state index is 13.1. The number of esters is 3. The molecule has 5 N–H and O–H groups in total. The molecule has 15 heteroatoms. The summed E-state index contributed by atoms with van der Waals surface area (Å²) in [6.07, 6.45) is -7.10. The van der Waals surface area contributed by atoms with Gasteiger partial charge in [0.15, 0.2) is 23.7 Å². The summed E-state index contributed by atoms with van der Waals surface area (Å²) in [5.41, 5.74) is -1.03. The molecule has 226 valence electrons. The van der Waals surface area contributed by atoms with E-state index in [1.165, 1.54) is 12.1 Å². The van der Waals surface area contributed by atoms with Crippen LogP contribution < -0.4 is 4.74 Å².